The maximum absolute atomic E-state index is 13.9. The third kappa shape index (κ3) is 3.23. The molecule has 160 valence electrons. The molecular formula is C24H16FN7O. The lowest BCUT2D eigenvalue weighted by Crippen LogP contribution is -1.88. The number of phenols is 1. The fourth-order valence-corrected chi connectivity index (χ4v) is 3.98. The smallest absolute Gasteiger partial charge is 0.178 e. The molecule has 0 radical (unpaired) electrons. The number of imidazole rings is 1. The number of halogens is 1. The summed E-state index contributed by atoms with van der Waals surface area (Å²) in [6.45, 7) is 0. The third-order valence-corrected chi connectivity index (χ3v) is 5.47. The molecule has 0 saturated carbocycles. The van der Waals surface area contributed by atoms with Crippen molar-refractivity contribution in [2.24, 2.45) is 0 Å². The average molecular weight is 437 g/mol. The van der Waals surface area contributed by atoms with E-state index in [4.69, 9.17) is 5.73 Å². The number of aromatic amines is 2. The summed E-state index contributed by atoms with van der Waals surface area (Å²) >= 11 is 0. The number of nitrogens with one attached hydrogen (secondary N) is 2. The Balaban J connectivity index is 1.51. The Morgan fingerprint density at radius 1 is 0.939 bits per heavy atom. The van der Waals surface area contributed by atoms with Gasteiger partial charge in [-0.3, -0.25) is 10.1 Å². The molecule has 0 fully saturated rings. The number of phenolic OH excluding ortho intramolecular Hbond substituents is 1. The van der Waals surface area contributed by atoms with E-state index in [1.807, 2.05) is 24.3 Å². The largest absolute Gasteiger partial charge is 0.508 e. The van der Waals surface area contributed by atoms with E-state index in [-0.39, 0.29) is 5.75 Å². The van der Waals surface area contributed by atoms with Crippen LogP contribution in [0.3, 0.4) is 0 Å². The number of aromatic hydroxyl groups is 1. The highest BCUT2D eigenvalue weighted by atomic mass is 19.1. The van der Waals surface area contributed by atoms with E-state index in [1.54, 1.807) is 24.7 Å². The standard InChI is InChI=1S/C24H16FN7O/c25-15-5-13(7-17(33)9-15)18-3-4-28-23-21(18)29-24(30-23)22-19-8-12(1-2-20(19)31-32-22)14-6-16(26)11-27-10-14/h1-11,33H,26H2,(H,31,32)(H,28,29,30). The van der Waals surface area contributed by atoms with Crippen molar-refractivity contribution in [3.63, 3.8) is 0 Å². The minimum Gasteiger partial charge on any atom is -0.508 e. The second kappa shape index (κ2) is 7.13. The fraction of sp³-hybridized carbons (Fsp3) is 0. The summed E-state index contributed by atoms with van der Waals surface area (Å²) < 4.78 is 13.9. The zero-order valence-electron chi connectivity index (χ0n) is 17.0. The zero-order valence-corrected chi connectivity index (χ0v) is 17.0. The Hall–Kier alpha value is -4.79. The number of nitrogen functional groups attached to an aromatic ring is 1. The van der Waals surface area contributed by atoms with Gasteiger partial charge in [-0.15, -0.1) is 0 Å². The van der Waals surface area contributed by atoms with Crippen molar-refractivity contribution in [3.8, 4) is 39.5 Å². The minimum absolute atomic E-state index is 0.156. The molecule has 4 heterocycles. The topological polar surface area (TPSA) is 129 Å². The van der Waals surface area contributed by atoms with Gasteiger partial charge in [0.25, 0.3) is 0 Å². The van der Waals surface area contributed by atoms with Crippen molar-refractivity contribution in [1.29, 1.82) is 0 Å². The minimum atomic E-state index is -0.531. The van der Waals surface area contributed by atoms with E-state index in [9.17, 15) is 9.50 Å². The Morgan fingerprint density at radius 2 is 1.85 bits per heavy atom. The molecular weight excluding hydrogens is 421 g/mol. The van der Waals surface area contributed by atoms with Crippen LogP contribution in [0.1, 0.15) is 0 Å². The van der Waals surface area contributed by atoms with Crippen molar-refractivity contribution in [2.45, 2.75) is 0 Å². The lowest BCUT2D eigenvalue weighted by Gasteiger charge is -2.04. The summed E-state index contributed by atoms with van der Waals surface area (Å²) in [6, 6.07) is 13.4. The molecule has 0 atom stereocenters. The lowest BCUT2D eigenvalue weighted by atomic mass is 10.0. The molecule has 2 aromatic carbocycles. The molecule has 0 spiro atoms. The first-order chi connectivity index (χ1) is 16.0. The van der Waals surface area contributed by atoms with Gasteiger partial charge in [-0.25, -0.2) is 14.4 Å². The predicted octanol–water partition coefficient (Wildman–Crippen LogP) is 4.66. The number of fused-ring (bicyclic) bond motifs is 2. The summed E-state index contributed by atoms with van der Waals surface area (Å²) in [4.78, 5) is 16.4. The highest BCUT2D eigenvalue weighted by molar-refractivity contribution is 5.97. The van der Waals surface area contributed by atoms with Crippen LogP contribution in [0.2, 0.25) is 0 Å². The van der Waals surface area contributed by atoms with Crippen LogP contribution in [0.5, 0.6) is 5.75 Å². The molecule has 6 aromatic rings. The van der Waals surface area contributed by atoms with Crippen molar-refractivity contribution >= 4 is 27.8 Å². The summed E-state index contributed by atoms with van der Waals surface area (Å²) in [5.74, 6) is -0.173. The van der Waals surface area contributed by atoms with Gasteiger partial charge in [-0.1, -0.05) is 6.07 Å². The highest BCUT2D eigenvalue weighted by Gasteiger charge is 2.17. The number of anilines is 1. The molecule has 0 aliphatic carbocycles. The molecule has 0 aliphatic rings. The molecule has 33 heavy (non-hydrogen) atoms. The number of hydrogen-bond donors (Lipinski definition) is 4. The first-order valence-electron chi connectivity index (χ1n) is 10.1. The Labute approximate surface area is 186 Å². The number of H-pyrrole nitrogens is 2. The molecule has 0 unspecified atom stereocenters. The van der Waals surface area contributed by atoms with Crippen molar-refractivity contribution in [2.75, 3.05) is 5.73 Å². The molecule has 9 heteroatoms. The number of pyridine rings is 2. The van der Waals surface area contributed by atoms with E-state index in [0.717, 1.165) is 28.1 Å². The summed E-state index contributed by atoms with van der Waals surface area (Å²) in [6.07, 6.45) is 4.95. The molecule has 8 nitrogen and oxygen atoms in total. The van der Waals surface area contributed by atoms with Crippen LogP contribution in [0.15, 0.2) is 67.1 Å². The number of benzene rings is 2. The summed E-state index contributed by atoms with van der Waals surface area (Å²) in [7, 11) is 0. The van der Waals surface area contributed by atoms with Crippen LogP contribution in [-0.4, -0.2) is 35.2 Å². The maximum Gasteiger partial charge on any atom is 0.178 e. The second-order valence-corrected chi connectivity index (χ2v) is 7.68. The first kappa shape index (κ1) is 18.9. The number of nitrogens with two attached hydrogens (primary N) is 1. The number of rotatable bonds is 3. The monoisotopic (exact) mass is 437 g/mol. The zero-order chi connectivity index (χ0) is 22.5. The van der Waals surface area contributed by atoms with Crippen LogP contribution in [0, 0.1) is 5.82 Å². The predicted molar refractivity (Wildman–Crippen MR) is 124 cm³/mol. The normalized spacial score (nSPS) is 11.4. The number of aromatic nitrogens is 6. The van der Waals surface area contributed by atoms with E-state index in [2.05, 4.69) is 30.1 Å². The lowest BCUT2D eigenvalue weighted by molar-refractivity contribution is 0.469. The fourth-order valence-electron chi connectivity index (χ4n) is 3.98. The molecule has 4 aromatic heterocycles. The van der Waals surface area contributed by atoms with Gasteiger partial charge < -0.3 is 15.8 Å². The van der Waals surface area contributed by atoms with E-state index >= 15 is 0 Å². The van der Waals surface area contributed by atoms with Crippen LogP contribution < -0.4 is 5.73 Å². The van der Waals surface area contributed by atoms with Gasteiger partial charge in [0.2, 0.25) is 0 Å². The van der Waals surface area contributed by atoms with Crippen molar-refractivity contribution < 1.29 is 9.50 Å². The van der Waals surface area contributed by atoms with Gasteiger partial charge in [0.1, 0.15) is 17.3 Å². The van der Waals surface area contributed by atoms with E-state index < -0.39 is 5.82 Å². The van der Waals surface area contributed by atoms with Crippen molar-refractivity contribution in [3.05, 3.63) is 72.9 Å². The second-order valence-electron chi connectivity index (χ2n) is 7.68. The molecule has 5 N–H and O–H groups in total. The van der Waals surface area contributed by atoms with Gasteiger partial charge in [-0.2, -0.15) is 5.10 Å². The van der Waals surface area contributed by atoms with Gasteiger partial charge in [0, 0.05) is 41.2 Å². The Morgan fingerprint density at radius 3 is 2.70 bits per heavy atom. The first-order valence-corrected chi connectivity index (χ1v) is 10.1. The quantitative estimate of drug-likeness (QED) is 0.319. The molecule has 0 aliphatic heterocycles. The molecule has 0 bridgehead atoms. The third-order valence-electron chi connectivity index (χ3n) is 5.47. The summed E-state index contributed by atoms with van der Waals surface area (Å²) in [5, 5.41) is 18.2. The maximum atomic E-state index is 13.9. The van der Waals surface area contributed by atoms with Crippen LogP contribution in [0.25, 0.3) is 55.8 Å². The Bertz CT molecular complexity index is 1650. The summed E-state index contributed by atoms with van der Waals surface area (Å²) in [5.41, 5.74) is 12.0. The molecule has 0 saturated heterocycles. The van der Waals surface area contributed by atoms with E-state index in [0.29, 0.717) is 39.5 Å². The average Bonchev–Trinajstić information content (AvgIpc) is 3.41. The SMILES string of the molecule is Nc1cncc(-c2ccc3[nH]nc(-c4nc5nccc(-c6cc(O)cc(F)c6)c5[nH]4)c3c2)c1. The van der Waals surface area contributed by atoms with Gasteiger partial charge >= 0.3 is 0 Å². The Kier molecular flexibility index (Phi) is 4.09. The van der Waals surface area contributed by atoms with E-state index in [1.165, 1.54) is 12.1 Å². The molecule has 6 rings (SSSR count). The number of hydrogen-bond acceptors (Lipinski definition) is 6. The molecule has 0 amide bonds. The van der Waals surface area contributed by atoms with Gasteiger partial charge in [0.15, 0.2) is 11.5 Å². The number of nitrogens with zero attached hydrogens (tertiary/aromatic N) is 4. The van der Waals surface area contributed by atoms with Crippen LogP contribution in [0.4, 0.5) is 10.1 Å². The van der Waals surface area contributed by atoms with Crippen LogP contribution >= 0.6 is 0 Å². The highest BCUT2D eigenvalue weighted by Crippen LogP contribution is 2.33. The van der Waals surface area contributed by atoms with Crippen molar-refractivity contribution in [1.82, 2.24) is 30.1 Å². The van der Waals surface area contributed by atoms with Gasteiger partial charge in [-0.05, 0) is 47.5 Å². The van der Waals surface area contributed by atoms with Crippen LogP contribution in [-0.2, 0) is 0 Å². The van der Waals surface area contributed by atoms with Gasteiger partial charge in [0.05, 0.1) is 16.7 Å².